The average Bonchev–Trinajstić information content (AvgIpc) is 2.27. The molecule has 0 aliphatic heterocycles. The number of benzene rings is 1. The maximum atomic E-state index is 13.2. The molecule has 1 rings (SSSR count). The predicted molar refractivity (Wildman–Crippen MR) is 65.2 cm³/mol. The van der Waals surface area contributed by atoms with Crippen molar-refractivity contribution in [3.63, 3.8) is 0 Å². The second-order valence-electron chi connectivity index (χ2n) is 3.22. The fourth-order valence-electron chi connectivity index (χ4n) is 1.15. The zero-order valence-corrected chi connectivity index (χ0v) is 10.9. The number of nitrogens with one attached hydrogen (secondary N) is 1. The van der Waals surface area contributed by atoms with Crippen LogP contribution in [0.1, 0.15) is 17.3 Å². The maximum Gasteiger partial charge on any atom is 0.261 e. The van der Waals surface area contributed by atoms with Gasteiger partial charge in [-0.15, -0.1) is 5.92 Å². The third kappa shape index (κ3) is 4.02. The van der Waals surface area contributed by atoms with Gasteiger partial charge in [0, 0.05) is 16.2 Å². The fourth-order valence-corrected chi connectivity index (χ4v) is 1.94. The fraction of sp³-hybridized carbons (Fsp3) is 0.182. The number of rotatable bonds is 3. The van der Waals surface area contributed by atoms with Gasteiger partial charge in [0.25, 0.3) is 15.0 Å². The van der Waals surface area contributed by atoms with Crippen LogP contribution in [0.2, 0.25) is 0 Å². The van der Waals surface area contributed by atoms with Gasteiger partial charge >= 0.3 is 0 Å². The molecule has 1 aromatic carbocycles. The summed E-state index contributed by atoms with van der Waals surface area (Å²) in [6.07, 6.45) is 0. The summed E-state index contributed by atoms with van der Waals surface area (Å²) in [5, 5.41) is 2.39. The van der Waals surface area contributed by atoms with Crippen molar-refractivity contribution in [1.82, 2.24) is 5.32 Å². The highest BCUT2D eigenvalue weighted by Crippen LogP contribution is 2.18. The highest BCUT2D eigenvalue weighted by Gasteiger charge is 2.15. The molecule has 96 valence electrons. The quantitative estimate of drug-likeness (QED) is 0.678. The van der Waals surface area contributed by atoms with E-state index in [0.717, 1.165) is 18.2 Å². The first-order valence-electron chi connectivity index (χ1n) is 4.77. The largest absolute Gasteiger partial charge is 0.341 e. The van der Waals surface area contributed by atoms with E-state index in [1.54, 1.807) is 6.92 Å². The number of halogens is 2. The Kier molecular flexibility index (Phi) is 4.70. The van der Waals surface area contributed by atoms with Gasteiger partial charge in [0.1, 0.15) is 5.82 Å². The normalized spacial score (nSPS) is 10.4. The molecule has 0 spiro atoms. The van der Waals surface area contributed by atoms with Crippen LogP contribution in [0.25, 0.3) is 0 Å². The van der Waals surface area contributed by atoms with Crippen molar-refractivity contribution in [2.24, 2.45) is 0 Å². The SMILES string of the molecule is CC#CCNC(=O)c1cc(F)cc(S(=O)(=O)Cl)c1. The maximum absolute atomic E-state index is 13.2. The van der Waals surface area contributed by atoms with E-state index in [1.807, 2.05) is 0 Å². The number of carbonyl (C=O) groups is 1. The summed E-state index contributed by atoms with van der Waals surface area (Å²) in [4.78, 5) is 11.1. The van der Waals surface area contributed by atoms with Crippen LogP contribution in [-0.2, 0) is 9.05 Å². The van der Waals surface area contributed by atoms with Gasteiger partial charge in [-0.3, -0.25) is 4.79 Å². The van der Waals surface area contributed by atoms with E-state index in [9.17, 15) is 17.6 Å². The van der Waals surface area contributed by atoms with E-state index in [4.69, 9.17) is 10.7 Å². The minimum Gasteiger partial charge on any atom is -0.341 e. The molecule has 7 heteroatoms. The first-order valence-corrected chi connectivity index (χ1v) is 7.08. The third-order valence-corrected chi connectivity index (χ3v) is 3.26. The van der Waals surface area contributed by atoms with Gasteiger partial charge in [-0.2, -0.15) is 0 Å². The first-order chi connectivity index (χ1) is 8.34. The van der Waals surface area contributed by atoms with Crippen molar-refractivity contribution < 1.29 is 17.6 Å². The molecule has 1 amide bonds. The second kappa shape index (κ2) is 5.85. The molecule has 0 unspecified atom stereocenters. The van der Waals surface area contributed by atoms with Gasteiger partial charge in [-0.05, 0) is 25.1 Å². The van der Waals surface area contributed by atoms with Crippen LogP contribution >= 0.6 is 10.7 Å². The molecule has 0 radical (unpaired) electrons. The second-order valence-corrected chi connectivity index (χ2v) is 5.79. The van der Waals surface area contributed by atoms with Crippen molar-refractivity contribution in [3.05, 3.63) is 29.6 Å². The van der Waals surface area contributed by atoms with Gasteiger partial charge in [0.2, 0.25) is 0 Å². The molecule has 4 nitrogen and oxygen atoms in total. The summed E-state index contributed by atoms with van der Waals surface area (Å²) in [5.41, 5.74) is -0.132. The van der Waals surface area contributed by atoms with Crippen LogP contribution in [0.3, 0.4) is 0 Å². The minimum atomic E-state index is -4.08. The standard InChI is InChI=1S/C11H9ClFNO3S/c1-2-3-4-14-11(15)8-5-9(13)7-10(6-8)18(12,16)17/h5-7H,4H2,1H3,(H,14,15). The summed E-state index contributed by atoms with van der Waals surface area (Å²) >= 11 is 0. The molecular weight excluding hydrogens is 281 g/mol. The molecule has 0 aliphatic carbocycles. The van der Waals surface area contributed by atoms with Gasteiger partial charge in [-0.1, -0.05) is 5.92 Å². The lowest BCUT2D eigenvalue weighted by molar-refractivity contribution is 0.0958. The molecule has 1 N–H and O–H groups in total. The molecule has 0 saturated heterocycles. The highest BCUT2D eigenvalue weighted by molar-refractivity contribution is 8.13. The predicted octanol–water partition coefficient (Wildman–Crippen LogP) is 1.51. The number of hydrogen-bond acceptors (Lipinski definition) is 3. The van der Waals surface area contributed by atoms with Crippen molar-refractivity contribution >= 4 is 25.6 Å². The lowest BCUT2D eigenvalue weighted by Crippen LogP contribution is -2.23. The smallest absolute Gasteiger partial charge is 0.261 e. The molecule has 1 aromatic rings. The Morgan fingerprint density at radius 1 is 1.44 bits per heavy atom. The van der Waals surface area contributed by atoms with Gasteiger partial charge in [0.15, 0.2) is 0 Å². The number of amides is 1. The Balaban J connectivity index is 3.06. The molecule has 0 aromatic heterocycles. The zero-order valence-electron chi connectivity index (χ0n) is 9.33. The highest BCUT2D eigenvalue weighted by atomic mass is 35.7. The molecule has 18 heavy (non-hydrogen) atoms. The van der Waals surface area contributed by atoms with Gasteiger partial charge in [0.05, 0.1) is 11.4 Å². The van der Waals surface area contributed by atoms with Crippen LogP contribution < -0.4 is 5.32 Å². The van der Waals surface area contributed by atoms with E-state index < -0.39 is 25.7 Å². The number of hydrogen-bond donors (Lipinski definition) is 1. The Labute approximate surface area is 109 Å². The monoisotopic (exact) mass is 289 g/mol. The van der Waals surface area contributed by atoms with Crippen LogP contribution in [0.15, 0.2) is 23.1 Å². The lowest BCUT2D eigenvalue weighted by atomic mass is 10.2. The van der Waals surface area contributed by atoms with Gasteiger partial charge in [-0.25, -0.2) is 12.8 Å². The lowest BCUT2D eigenvalue weighted by Gasteiger charge is -2.04. The third-order valence-electron chi connectivity index (χ3n) is 1.93. The average molecular weight is 290 g/mol. The summed E-state index contributed by atoms with van der Waals surface area (Å²) < 4.78 is 35.3. The van der Waals surface area contributed by atoms with E-state index in [2.05, 4.69) is 17.2 Å². The molecule has 0 saturated carbocycles. The molecular formula is C11H9ClFNO3S. The molecule has 0 atom stereocenters. The summed E-state index contributed by atoms with van der Waals surface area (Å²) in [5.74, 6) is 3.67. The Morgan fingerprint density at radius 2 is 2.11 bits per heavy atom. The Bertz CT molecular complexity index is 631. The summed E-state index contributed by atoms with van der Waals surface area (Å²) in [6, 6.07) is 2.66. The van der Waals surface area contributed by atoms with E-state index in [0.29, 0.717) is 0 Å². The van der Waals surface area contributed by atoms with Crippen molar-refractivity contribution in [3.8, 4) is 11.8 Å². The number of carbonyl (C=O) groups excluding carboxylic acids is 1. The topological polar surface area (TPSA) is 63.2 Å². The minimum absolute atomic E-state index is 0.0921. The van der Waals surface area contributed by atoms with Crippen molar-refractivity contribution in [2.45, 2.75) is 11.8 Å². The Hall–Kier alpha value is -1.58. The van der Waals surface area contributed by atoms with Crippen molar-refractivity contribution in [2.75, 3.05) is 6.54 Å². The Morgan fingerprint density at radius 3 is 2.67 bits per heavy atom. The van der Waals surface area contributed by atoms with Crippen molar-refractivity contribution in [1.29, 1.82) is 0 Å². The van der Waals surface area contributed by atoms with Crippen LogP contribution in [-0.4, -0.2) is 20.9 Å². The summed E-state index contributed by atoms with van der Waals surface area (Å²) in [6.45, 7) is 1.70. The van der Waals surface area contributed by atoms with Crippen LogP contribution in [0, 0.1) is 17.7 Å². The molecule has 0 bridgehead atoms. The van der Waals surface area contributed by atoms with Crippen LogP contribution in [0.4, 0.5) is 4.39 Å². The first kappa shape index (κ1) is 14.5. The zero-order chi connectivity index (χ0) is 13.8. The molecule has 0 aliphatic rings. The molecule has 0 fully saturated rings. The van der Waals surface area contributed by atoms with E-state index in [1.165, 1.54) is 0 Å². The van der Waals surface area contributed by atoms with E-state index >= 15 is 0 Å². The van der Waals surface area contributed by atoms with Crippen LogP contribution in [0.5, 0.6) is 0 Å². The molecule has 0 heterocycles. The van der Waals surface area contributed by atoms with Gasteiger partial charge < -0.3 is 5.32 Å². The summed E-state index contributed by atoms with van der Waals surface area (Å²) in [7, 11) is 1.00. The van der Waals surface area contributed by atoms with E-state index in [-0.39, 0.29) is 12.1 Å².